The van der Waals surface area contributed by atoms with E-state index in [1.807, 2.05) is 6.92 Å². The number of aromatic nitrogens is 2. The van der Waals surface area contributed by atoms with Gasteiger partial charge in [-0.3, -0.25) is 4.79 Å². The maximum absolute atomic E-state index is 12.3. The average Bonchev–Trinajstić information content (AvgIpc) is 2.61. The van der Waals surface area contributed by atoms with Crippen molar-refractivity contribution in [1.29, 1.82) is 0 Å². The maximum Gasteiger partial charge on any atom is 0.340 e. The van der Waals surface area contributed by atoms with Crippen molar-refractivity contribution >= 4 is 23.4 Å². The van der Waals surface area contributed by atoms with Crippen LogP contribution in [0.4, 0.5) is 11.5 Å². The molecular weight excluding hydrogens is 308 g/mol. The molecular formula is C17H20N4O3. The predicted molar refractivity (Wildman–Crippen MR) is 91.2 cm³/mol. The Bertz CT molecular complexity index is 701. The van der Waals surface area contributed by atoms with Crippen LogP contribution in [0, 0.1) is 0 Å². The summed E-state index contributed by atoms with van der Waals surface area (Å²) in [5.74, 6) is -0.319. The van der Waals surface area contributed by atoms with E-state index in [-0.39, 0.29) is 12.3 Å². The Morgan fingerprint density at radius 2 is 1.88 bits per heavy atom. The van der Waals surface area contributed by atoms with E-state index in [1.54, 1.807) is 43.3 Å². The van der Waals surface area contributed by atoms with E-state index < -0.39 is 11.9 Å². The summed E-state index contributed by atoms with van der Waals surface area (Å²) in [7, 11) is 0. The van der Waals surface area contributed by atoms with Gasteiger partial charge in [0.05, 0.1) is 17.9 Å². The topological polar surface area (TPSA) is 93.2 Å². The van der Waals surface area contributed by atoms with Gasteiger partial charge in [-0.05, 0) is 37.6 Å². The van der Waals surface area contributed by atoms with Crippen LogP contribution >= 0.6 is 0 Å². The lowest BCUT2D eigenvalue weighted by molar-refractivity contribution is 0.0527. The van der Waals surface area contributed by atoms with Crippen molar-refractivity contribution < 1.29 is 14.3 Å². The lowest BCUT2D eigenvalue weighted by Crippen LogP contribution is -2.17. The number of amides is 1. The fourth-order valence-corrected chi connectivity index (χ4v) is 1.97. The SMILES string of the molecule is CCCNc1ccc(C(=O)Nc2ccccc2C(=O)OCC)nn1. The third kappa shape index (κ3) is 4.52. The van der Waals surface area contributed by atoms with E-state index in [0.29, 0.717) is 17.1 Å². The monoisotopic (exact) mass is 328 g/mol. The molecule has 2 aromatic rings. The second kappa shape index (κ2) is 8.61. The Morgan fingerprint density at radius 1 is 1.08 bits per heavy atom. The van der Waals surface area contributed by atoms with Crippen molar-refractivity contribution in [2.75, 3.05) is 23.8 Å². The van der Waals surface area contributed by atoms with Gasteiger partial charge >= 0.3 is 5.97 Å². The standard InChI is InChI=1S/C17H20N4O3/c1-3-11-18-15-10-9-14(20-21-15)16(22)19-13-8-6-5-7-12(13)17(23)24-4-2/h5-10H,3-4,11H2,1-2H3,(H,18,21)(H,19,22). The number of ether oxygens (including phenoxy) is 1. The highest BCUT2D eigenvalue weighted by Gasteiger charge is 2.15. The fourth-order valence-electron chi connectivity index (χ4n) is 1.97. The van der Waals surface area contributed by atoms with Crippen LogP contribution in [0.2, 0.25) is 0 Å². The van der Waals surface area contributed by atoms with Gasteiger partial charge in [-0.1, -0.05) is 19.1 Å². The smallest absolute Gasteiger partial charge is 0.340 e. The van der Waals surface area contributed by atoms with Crippen molar-refractivity contribution in [3.63, 3.8) is 0 Å². The van der Waals surface area contributed by atoms with Crippen LogP contribution in [0.3, 0.4) is 0 Å². The van der Waals surface area contributed by atoms with Crippen LogP contribution in [0.15, 0.2) is 36.4 Å². The minimum atomic E-state index is -0.487. The molecule has 0 aliphatic heterocycles. The molecule has 0 radical (unpaired) electrons. The number of anilines is 2. The van der Waals surface area contributed by atoms with E-state index in [9.17, 15) is 9.59 Å². The van der Waals surface area contributed by atoms with Gasteiger partial charge in [-0.15, -0.1) is 10.2 Å². The zero-order valence-corrected chi connectivity index (χ0v) is 13.7. The number of benzene rings is 1. The number of nitrogens with one attached hydrogen (secondary N) is 2. The Balaban J connectivity index is 2.11. The van der Waals surface area contributed by atoms with Crippen LogP contribution in [-0.2, 0) is 4.74 Å². The maximum atomic E-state index is 12.3. The fraction of sp³-hybridized carbons (Fsp3) is 0.294. The minimum absolute atomic E-state index is 0.163. The Morgan fingerprint density at radius 3 is 2.54 bits per heavy atom. The van der Waals surface area contributed by atoms with E-state index in [4.69, 9.17) is 4.74 Å². The minimum Gasteiger partial charge on any atom is -0.462 e. The zero-order chi connectivity index (χ0) is 17.4. The van der Waals surface area contributed by atoms with Crippen molar-refractivity contribution in [3.8, 4) is 0 Å². The first-order valence-corrected chi connectivity index (χ1v) is 7.80. The third-order valence-corrected chi connectivity index (χ3v) is 3.12. The first kappa shape index (κ1) is 17.4. The van der Waals surface area contributed by atoms with E-state index in [2.05, 4.69) is 20.8 Å². The number of rotatable bonds is 7. The second-order valence-electron chi connectivity index (χ2n) is 4.95. The first-order valence-electron chi connectivity index (χ1n) is 7.80. The average molecular weight is 328 g/mol. The molecule has 1 heterocycles. The summed E-state index contributed by atoms with van der Waals surface area (Å²) in [6.45, 7) is 4.82. The normalized spacial score (nSPS) is 10.1. The summed E-state index contributed by atoms with van der Waals surface area (Å²) in [6, 6.07) is 9.92. The van der Waals surface area contributed by atoms with E-state index in [0.717, 1.165) is 13.0 Å². The molecule has 1 amide bonds. The quantitative estimate of drug-likeness (QED) is 0.759. The number of hydrogen-bond donors (Lipinski definition) is 2. The number of carbonyl (C=O) groups excluding carboxylic acids is 2. The van der Waals surface area contributed by atoms with Gasteiger partial charge < -0.3 is 15.4 Å². The molecule has 0 unspecified atom stereocenters. The van der Waals surface area contributed by atoms with Gasteiger partial charge in [0.1, 0.15) is 5.82 Å². The van der Waals surface area contributed by atoms with Crippen LogP contribution in [0.25, 0.3) is 0 Å². The van der Waals surface area contributed by atoms with E-state index >= 15 is 0 Å². The van der Waals surface area contributed by atoms with Gasteiger partial charge in [-0.2, -0.15) is 0 Å². The number of nitrogens with zero attached hydrogens (tertiary/aromatic N) is 2. The van der Waals surface area contributed by atoms with E-state index in [1.165, 1.54) is 0 Å². The van der Waals surface area contributed by atoms with Crippen molar-refractivity contribution in [1.82, 2.24) is 10.2 Å². The molecule has 0 spiro atoms. The third-order valence-electron chi connectivity index (χ3n) is 3.12. The summed E-state index contributed by atoms with van der Waals surface area (Å²) in [5, 5.41) is 13.6. The first-order chi connectivity index (χ1) is 11.7. The number of carbonyl (C=O) groups is 2. The van der Waals surface area contributed by atoms with Crippen LogP contribution < -0.4 is 10.6 Å². The van der Waals surface area contributed by atoms with Gasteiger partial charge in [0.15, 0.2) is 5.69 Å². The number of para-hydroxylation sites is 1. The van der Waals surface area contributed by atoms with Crippen LogP contribution in [0.5, 0.6) is 0 Å². The highest BCUT2D eigenvalue weighted by Crippen LogP contribution is 2.17. The van der Waals surface area contributed by atoms with Crippen LogP contribution in [-0.4, -0.2) is 35.2 Å². The summed E-state index contributed by atoms with van der Waals surface area (Å²) < 4.78 is 4.98. The highest BCUT2D eigenvalue weighted by atomic mass is 16.5. The molecule has 0 saturated carbocycles. The summed E-state index contributed by atoms with van der Waals surface area (Å²) in [6.07, 6.45) is 0.967. The lowest BCUT2D eigenvalue weighted by atomic mass is 10.1. The molecule has 0 aliphatic carbocycles. The van der Waals surface area contributed by atoms with Gasteiger partial charge in [0, 0.05) is 6.54 Å². The van der Waals surface area contributed by atoms with Crippen molar-refractivity contribution in [2.24, 2.45) is 0 Å². The molecule has 0 aliphatic rings. The second-order valence-corrected chi connectivity index (χ2v) is 4.95. The number of hydrogen-bond acceptors (Lipinski definition) is 6. The van der Waals surface area contributed by atoms with Gasteiger partial charge in [0.25, 0.3) is 5.91 Å². The molecule has 0 fully saturated rings. The molecule has 2 N–H and O–H groups in total. The highest BCUT2D eigenvalue weighted by molar-refractivity contribution is 6.07. The molecule has 0 bridgehead atoms. The molecule has 0 saturated heterocycles. The Kier molecular flexibility index (Phi) is 6.24. The van der Waals surface area contributed by atoms with Crippen molar-refractivity contribution in [2.45, 2.75) is 20.3 Å². The Labute approximate surface area is 140 Å². The summed E-state index contributed by atoms with van der Waals surface area (Å²) in [4.78, 5) is 24.2. The summed E-state index contributed by atoms with van der Waals surface area (Å²) >= 11 is 0. The molecule has 1 aromatic carbocycles. The predicted octanol–water partition coefficient (Wildman–Crippen LogP) is 2.73. The lowest BCUT2D eigenvalue weighted by Gasteiger charge is -2.10. The molecule has 7 nitrogen and oxygen atoms in total. The Hall–Kier alpha value is -2.96. The van der Waals surface area contributed by atoms with Crippen molar-refractivity contribution in [3.05, 3.63) is 47.7 Å². The van der Waals surface area contributed by atoms with Gasteiger partial charge in [0.2, 0.25) is 0 Å². The largest absolute Gasteiger partial charge is 0.462 e. The molecule has 24 heavy (non-hydrogen) atoms. The van der Waals surface area contributed by atoms with Crippen LogP contribution in [0.1, 0.15) is 41.1 Å². The molecule has 1 aromatic heterocycles. The molecule has 7 heteroatoms. The summed E-state index contributed by atoms with van der Waals surface area (Å²) in [5.41, 5.74) is 0.827. The van der Waals surface area contributed by atoms with Gasteiger partial charge in [-0.25, -0.2) is 4.79 Å². The molecule has 2 rings (SSSR count). The molecule has 126 valence electrons. The zero-order valence-electron chi connectivity index (χ0n) is 13.7. The molecule has 0 atom stereocenters. The number of esters is 1.